The normalized spacial score (nSPS) is 9.94. The van der Waals surface area contributed by atoms with E-state index in [9.17, 15) is 4.79 Å². The molecular formula is C11H11N3O2S. The first-order chi connectivity index (χ1) is 8.28. The first-order valence-electron chi connectivity index (χ1n) is 4.99. The number of carbonyl (C=O) groups is 1. The van der Waals surface area contributed by atoms with Crippen LogP contribution in [0.4, 0.5) is 10.8 Å². The molecule has 0 aliphatic carbocycles. The summed E-state index contributed by atoms with van der Waals surface area (Å²) in [6.07, 6.45) is 0.157. The van der Waals surface area contributed by atoms with Gasteiger partial charge in [0.05, 0.1) is 13.5 Å². The predicted octanol–water partition coefficient (Wildman–Crippen LogP) is 2.00. The number of esters is 1. The maximum atomic E-state index is 11.0. The largest absolute Gasteiger partial charge is 0.469 e. The van der Waals surface area contributed by atoms with Crippen molar-refractivity contribution in [1.29, 1.82) is 0 Å². The summed E-state index contributed by atoms with van der Waals surface area (Å²) in [6.45, 7) is 0. The molecule has 88 valence electrons. The molecule has 1 aromatic carbocycles. The zero-order chi connectivity index (χ0) is 12.1. The Labute approximate surface area is 102 Å². The molecule has 0 aliphatic heterocycles. The standard InChI is InChI=1S/C11H11N3O2S/c1-16-10(15)7-9-13-14-11(17-9)12-8-5-3-2-4-6-8/h2-6H,7H2,1H3,(H,12,14). The molecule has 0 spiro atoms. The van der Waals surface area contributed by atoms with Gasteiger partial charge in [-0.25, -0.2) is 0 Å². The Morgan fingerprint density at radius 2 is 2.12 bits per heavy atom. The Morgan fingerprint density at radius 3 is 2.82 bits per heavy atom. The van der Waals surface area contributed by atoms with Crippen molar-refractivity contribution < 1.29 is 9.53 Å². The van der Waals surface area contributed by atoms with E-state index >= 15 is 0 Å². The molecule has 1 aromatic heterocycles. The van der Waals surface area contributed by atoms with Crippen LogP contribution in [0.15, 0.2) is 30.3 Å². The Morgan fingerprint density at radius 1 is 1.35 bits per heavy atom. The second-order valence-electron chi connectivity index (χ2n) is 3.24. The minimum absolute atomic E-state index is 0.157. The number of methoxy groups -OCH3 is 1. The van der Waals surface area contributed by atoms with Crippen LogP contribution in [0.25, 0.3) is 0 Å². The van der Waals surface area contributed by atoms with Crippen molar-refractivity contribution in [2.45, 2.75) is 6.42 Å². The topological polar surface area (TPSA) is 64.1 Å². The van der Waals surface area contributed by atoms with Gasteiger partial charge >= 0.3 is 5.97 Å². The predicted molar refractivity (Wildman–Crippen MR) is 65.4 cm³/mol. The molecule has 0 fully saturated rings. The van der Waals surface area contributed by atoms with Gasteiger partial charge in [0, 0.05) is 5.69 Å². The summed E-state index contributed by atoms with van der Waals surface area (Å²) in [5, 5.41) is 12.3. The number of benzene rings is 1. The fourth-order valence-electron chi connectivity index (χ4n) is 1.22. The number of ether oxygens (including phenoxy) is 1. The summed E-state index contributed by atoms with van der Waals surface area (Å²) >= 11 is 1.34. The molecule has 5 nitrogen and oxygen atoms in total. The molecule has 2 aromatic rings. The monoisotopic (exact) mass is 249 g/mol. The molecule has 2 rings (SSSR count). The molecule has 0 radical (unpaired) electrons. The lowest BCUT2D eigenvalue weighted by Gasteiger charge is -1.99. The first kappa shape index (κ1) is 11.5. The average Bonchev–Trinajstić information content (AvgIpc) is 2.77. The molecule has 0 saturated heterocycles. The second-order valence-corrected chi connectivity index (χ2v) is 4.31. The zero-order valence-corrected chi connectivity index (χ0v) is 10.0. The minimum Gasteiger partial charge on any atom is -0.469 e. The van der Waals surface area contributed by atoms with Gasteiger partial charge in [-0.05, 0) is 12.1 Å². The highest BCUT2D eigenvalue weighted by atomic mass is 32.1. The van der Waals surface area contributed by atoms with Gasteiger partial charge in [0.15, 0.2) is 0 Å². The van der Waals surface area contributed by atoms with Crippen LogP contribution >= 0.6 is 11.3 Å². The lowest BCUT2D eigenvalue weighted by atomic mass is 10.3. The number of hydrogen-bond acceptors (Lipinski definition) is 6. The number of nitrogens with zero attached hydrogens (tertiary/aromatic N) is 2. The van der Waals surface area contributed by atoms with Crippen molar-refractivity contribution >= 4 is 28.1 Å². The Balaban J connectivity index is 2.01. The van der Waals surface area contributed by atoms with Gasteiger partial charge in [-0.3, -0.25) is 4.79 Å². The van der Waals surface area contributed by atoms with Gasteiger partial charge in [0.1, 0.15) is 5.01 Å². The quantitative estimate of drug-likeness (QED) is 0.839. The molecule has 0 aliphatic rings. The van der Waals surface area contributed by atoms with Gasteiger partial charge in [-0.2, -0.15) is 0 Å². The van der Waals surface area contributed by atoms with E-state index < -0.39 is 0 Å². The van der Waals surface area contributed by atoms with Crippen LogP contribution in [-0.4, -0.2) is 23.3 Å². The summed E-state index contributed by atoms with van der Waals surface area (Å²) < 4.78 is 4.56. The van der Waals surface area contributed by atoms with Crippen molar-refractivity contribution in [3.8, 4) is 0 Å². The van der Waals surface area contributed by atoms with Crippen LogP contribution in [0.1, 0.15) is 5.01 Å². The van der Waals surface area contributed by atoms with Crippen LogP contribution in [-0.2, 0) is 16.0 Å². The molecule has 6 heteroatoms. The smallest absolute Gasteiger partial charge is 0.312 e. The molecule has 0 unspecified atom stereocenters. The van der Waals surface area contributed by atoms with Crippen molar-refractivity contribution in [1.82, 2.24) is 10.2 Å². The highest BCUT2D eigenvalue weighted by molar-refractivity contribution is 7.15. The van der Waals surface area contributed by atoms with Crippen LogP contribution in [0, 0.1) is 0 Å². The molecular weight excluding hydrogens is 238 g/mol. The van der Waals surface area contributed by atoms with E-state index in [1.54, 1.807) is 0 Å². The van der Waals surface area contributed by atoms with E-state index in [4.69, 9.17) is 0 Å². The van der Waals surface area contributed by atoms with Gasteiger partial charge < -0.3 is 10.1 Å². The summed E-state index contributed by atoms with van der Waals surface area (Å²) in [5.74, 6) is -0.313. The van der Waals surface area contributed by atoms with Gasteiger partial charge in [0.25, 0.3) is 0 Å². The molecule has 0 amide bonds. The van der Waals surface area contributed by atoms with Gasteiger partial charge in [-0.1, -0.05) is 29.5 Å². The number of hydrogen-bond donors (Lipinski definition) is 1. The van der Waals surface area contributed by atoms with E-state index in [1.165, 1.54) is 18.4 Å². The third-order valence-electron chi connectivity index (χ3n) is 2.02. The van der Waals surface area contributed by atoms with E-state index in [0.29, 0.717) is 10.1 Å². The zero-order valence-electron chi connectivity index (χ0n) is 9.21. The molecule has 0 saturated carbocycles. The lowest BCUT2D eigenvalue weighted by molar-refractivity contribution is -0.139. The molecule has 17 heavy (non-hydrogen) atoms. The summed E-state index contributed by atoms with van der Waals surface area (Å²) in [5.41, 5.74) is 0.938. The van der Waals surface area contributed by atoms with E-state index in [2.05, 4.69) is 20.3 Å². The lowest BCUT2D eigenvalue weighted by Crippen LogP contribution is -2.03. The number of nitrogens with one attached hydrogen (secondary N) is 1. The first-order valence-corrected chi connectivity index (χ1v) is 5.81. The number of anilines is 2. The number of rotatable bonds is 4. The maximum Gasteiger partial charge on any atom is 0.312 e. The summed E-state index contributed by atoms with van der Waals surface area (Å²) in [7, 11) is 1.35. The highest BCUT2D eigenvalue weighted by Gasteiger charge is 2.09. The van der Waals surface area contributed by atoms with Crippen molar-refractivity contribution in [2.24, 2.45) is 0 Å². The third-order valence-corrected chi connectivity index (χ3v) is 2.85. The third kappa shape index (κ3) is 3.25. The van der Waals surface area contributed by atoms with Crippen molar-refractivity contribution in [2.75, 3.05) is 12.4 Å². The van der Waals surface area contributed by atoms with E-state index in [-0.39, 0.29) is 12.4 Å². The number of para-hydroxylation sites is 1. The van der Waals surface area contributed by atoms with Gasteiger partial charge in [-0.15, -0.1) is 10.2 Å². The number of carbonyl (C=O) groups excluding carboxylic acids is 1. The Kier molecular flexibility index (Phi) is 3.66. The Bertz CT molecular complexity index is 498. The van der Waals surface area contributed by atoms with Crippen LogP contribution in [0.2, 0.25) is 0 Å². The van der Waals surface area contributed by atoms with Crippen LogP contribution < -0.4 is 5.32 Å². The Hall–Kier alpha value is -1.95. The van der Waals surface area contributed by atoms with Crippen molar-refractivity contribution in [3.05, 3.63) is 35.3 Å². The summed E-state index contributed by atoms with van der Waals surface area (Å²) in [4.78, 5) is 11.0. The van der Waals surface area contributed by atoms with Crippen LogP contribution in [0.5, 0.6) is 0 Å². The number of aromatic nitrogens is 2. The van der Waals surface area contributed by atoms with Gasteiger partial charge in [0.2, 0.25) is 5.13 Å². The van der Waals surface area contributed by atoms with Crippen LogP contribution in [0.3, 0.4) is 0 Å². The SMILES string of the molecule is COC(=O)Cc1nnc(Nc2ccccc2)s1. The summed E-state index contributed by atoms with van der Waals surface area (Å²) in [6, 6.07) is 9.66. The van der Waals surface area contributed by atoms with Crippen molar-refractivity contribution in [3.63, 3.8) is 0 Å². The fourth-order valence-corrected chi connectivity index (χ4v) is 1.96. The second kappa shape index (κ2) is 5.40. The molecule has 1 heterocycles. The van der Waals surface area contributed by atoms with E-state index in [1.807, 2.05) is 30.3 Å². The highest BCUT2D eigenvalue weighted by Crippen LogP contribution is 2.20. The fraction of sp³-hybridized carbons (Fsp3) is 0.182. The minimum atomic E-state index is -0.313. The van der Waals surface area contributed by atoms with E-state index in [0.717, 1.165) is 5.69 Å². The maximum absolute atomic E-state index is 11.0. The molecule has 0 atom stereocenters. The average molecular weight is 249 g/mol. The molecule has 0 bridgehead atoms. The molecule has 1 N–H and O–H groups in total.